The zero-order valence-corrected chi connectivity index (χ0v) is 26.9. The van der Waals surface area contributed by atoms with Crippen LogP contribution in [0, 0.1) is 0 Å². The number of nitrogens with zero attached hydrogens (tertiary/aromatic N) is 5. The maximum absolute atomic E-state index is 14.0. The highest BCUT2D eigenvalue weighted by Gasteiger charge is 2.32. The first kappa shape index (κ1) is 33.7. The Balaban J connectivity index is 1.87. The molecule has 1 fully saturated rings. The number of carbonyl (C=O) groups excluding carboxylic acids is 1. The molecular weight excluding hydrogens is 608 g/mol. The molecule has 0 radical (unpaired) electrons. The molecule has 0 unspecified atom stereocenters. The van der Waals surface area contributed by atoms with E-state index in [1.165, 1.54) is 20.5 Å². The van der Waals surface area contributed by atoms with Gasteiger partial charge in [-0.1, -0.05) is 0 Å². The van der Waals surface area contributed by atoms with Crippen LogP contribution in [0.5, 0.6) is 5.75 Å². The Labute approximate surface area is 262 Å². The number of rotatable bonds is 12. The fourth-order valence-electron chi connectivity index (χ4n) is 4.85. The SMILES string of the molecule is COCCOc1ccc(N(C(=O)OC(C)(C)C)c2c(CCOS(C)(=O)=O)c(N[C@H]3CCCN(C(=O)O)C3)nc3ccnn23)cc1. The van der Waals surface area contributed by atoms with Gasteiger partial charge in [-0.05, 0) is 57.9 Å². The quantitative estimate of drug-likeness (QED) is 0.214. The average molecular weight is 649 g/mol. The van der Waals surface area contributed by atoms with E-state index in [0.717, 1.165) is 6.26 Å². The van der Waals surface area contributed by atoms with E-state index in [2.05, 4.69) is 10.4 Å². The van der Waals surface area contributed by atoms with E-state index in [4.69, 9.17) is 23.4 Å². The first-order valence-corrected chi connectivity index (χ1v) is 16.3. The van der Waals surface area contributed by atoms with E-state index in [0.29, 0.717) is 61.1 Å². The van der Waals surface area contributed by atoms with Gasteiger partial charge in [0, 0.05) is 44.3 Å². The number of fused-ring (bicyclic) bond motifs is 1. The largest absolute Gasteiger partial charge is 0.491 e. The molecule has 0 spiro atoms. The van der Waals surface area contributed by atoms with Gasteiger partial charge >= 0.3 is 12.2 Å². The summed E-state index contributed by atoms with van der Waals surface area (Å²) in [6, 6.07) is 8.16. The molecule has 246 valence electrons. The lowest BCUT2D eigenvalue weighted by Crippen LogP contribution is -2.44. The number of piperidine rings is 1. The first-order valence-electron chi connectivity index (χ1n) is 14.5. The lowest BCUT2D eigenvalue weighted by atomic mass is 10.1. The molecule has 2 aromatic heterocycles. The molecule has 0 saturated carbocycles. The van der Waals surface area contributed by atoms with Gasteiger partial charge in [-0.2, -0.15) is 18.0 Å². The topological polar surface area (TPSA) is 174 Å². The number of carbonyl (C=O) groups is 2. The summed E-state index contributed by atoms with van der Waals surface area (Å²) in [5.41, 5.74) is 0.350. The van der Waals surface area contributed by atoms with E-state index >= 15 is 0 Å². The number of ether oxygens (including phenoxy) is 3. The molecule has 3 aromatic rings. The van der Waals surface area contributed by atoms with Crippen LogP contribution in [-0.4, -0.2) is 103 Å². The monoisotopic (exact) mass is 648 g/mol. The van der Waals surface area contributed by atoms with Gasteiger partial charge in [-0.25, -0.2) is 19.5 Å². The minimum Gasteiger partial charge on any atom is -0.491 e. The van der Waals surface area contributed by atoms with Crippen molar-refractivity contribution in [3.63, 3.8) is 0 Å². The van der Waals surface area contributed by atoms with Crippen molar-refractivity contribution >= 4 is 45.3 Å². The second-order valence-corrected chi connectivity index (χ2v) is 13.1. The van der Waals surface area contributed by atoms with Gasteiger partial charge in [0.1, 0.15) is 23.8 Å². The number of amides is 2. The Morgan fingerprint density at radius 2 is 1.87 bits per heavy atom. The van der Waals surface area contributed by atoms with E-state index < -0.39 is 27.9 Å². The van der Waals surface area contributed by atoms with Crippen molar-refractivity contribution < 1.29 is 41.5 Å². The molecule has 15 nitrogen and oxygen atoms in total. The molecule has 2 amide bonds. The number of hydrogen-bond acceptors (Lipinski definition) is 11. The van der Waals surface area contributed by atoms with Crippen LogP contribution in [-0.2, 0) is 30.2 Å². The Kier molecular flexibility index (Phi) is 10.7. The number of methoxy groups -OCH3 is 1. The van der Waals surface area contributed by atoms with Crippen molar-refractivity contribution in [2.45, 2.75) is 51.7 Å². The molecule has 1 aromatic carbocycles. The second-order valence-electron chi connectivity index (χ2n) is 11.5. The van der Waals surface area contributed by atoms with E-state index in [-0.39, 0.29) is 31.4 Å². The molecule has 2 N–H and O–H groups in total. The molecule has 1 aliphatic heterocycles. The highest BCUT2D eigenvalue weighted by Crippen LogP contribution is 2.36. The average Bonchev–Trinajstić information content (AvgIpc) is 3.42. The predicted octanol–water partition coefficient (Wildman–Crippen LogP) is 3.90. The molecule has 1 saturated heterocycles. The number of benzene rings is 1. The summed E-state index contributed by atoms with van der Waals surface area (Å²) < 4.78 is 47.0. The lowest BCUT2D eigenvalue weighted by Gasteiger charge is -2.33. The third-order valence-corrected chi connectivity index (χ3v) is 7.32. The summed E-state index contributed by atoms with van der Waals surface area (Å²) >= 11 is 0. The van der Waals surface area contributed by atoms with E-state index in [1.807, 2.05) is 0 Å². The van der Waals surface area contributed by atoms with Crippen molar-refractivity contribution in [3.05, 3.63) is 42.1 Å². The van der Waals surface area contributed by atoms with Crippen LogP contribution in [0.3, 0.4) is 0 Å². The number of anilines is 3. The Morgan fingerprint density at radius 1 is 1.13 bits per heavy atom. The van der Waals surface area contributed by atoms with Crippen molar-refractivity contribution in [3.8, 4) is 5.75 Å². The summed E-state index contributed by atoms with van der Waals surface area (Å²) in [6.07, 6.45) is 2.05. The molecule has 4 rings (SSSR count). The van der Waals surface area contributed by atoms with Crippen LogP contribution in [0.25, 0.3) is 5.65 Å². The van der Waals surface area contributed by atoms with Gasteiger partial charge in [0.25, 0.3) is 10.1 Å². The van der Waals surface area contributed by atoms with E-state index in [9.17, 15) is 23.1 Å². The van der Waals surface area contributed by atoms with Gasteiger partial charge in [0.2, 0.25) is 0 Å². The zero-order chi connectivity index (χ0) is 32.8. The Bertz CT molecular complexity index is 1590. The first-order chi connectivity index (χ1) is 21.3. The molecular formula is C29H40N6O9S. The molecule has 0 aliphatic carbocycles. The van der Waals surface area contributed by atoms with Crippen LogP contribution in [0.2, 0.25) is 0 Å². The van der Waals surface area contributed by atoms with Crippen LogP contribution in [0.4, 0.5) is 26.9 Å². The molecule has 0 bridgehead atoms. The van der Waals surface area contributed by atoms with Crippen molar-refractivity contribution in [2.24, 2.45) is 0 Å². The van der Waals surface area contributed by atoms with Crippen LogP contribution in [0.1, 0.15) is 39.2 Å². The maximum Gasteiger partial charge on any atom is 0.420 e. The third-order valence-electron chi connectivity index (χ3n) is 6.73. The Hall–Kier alpha value is -4.15. The van der Waals surface area contributed by atoms with Crippen molar-refractivity contribution in [1.29, 1.82) is 0 Å². The van der Waals surface area contributed by atoms with Gasteiger partial charge in [0.15, 0.2) is 11.5 Å². The summed E-state index contributed by atoms with van der Waals surface area (Å²) in [7, 11) is -2.21. The third kappa shape index (κ3) is 9.18. The standard InChI is InChI=1S/C29H40N6O9S/c1-29(2,3)44-28(38)34(21-8-10-22(11-9-21)42-18-17-41-4)26-23(13-16-43-45(5,39)40)25(32-24-12-14-30-35(24)26)31-20-7-6-15-33(19-20)27(36)37/h8-12,14,20H,6-7,13,15-19H2,1-5H3,(H,31,32)(H,36,37)/t20-/m0/s1. The molecule has 1 atom stereocenters. The highest BCUT2D eigenvalue weighted by molar-refractivity contribution is 7.85. The van der Waals surface area contributed by atoms with E-state index in [1.54, 1.807) is 58.2 Å². The minimum atomic E-state index is -3.79. The number of hydrogen-bond donors (Lipinski definition) is 2. The summed E-state index contributed by atoms with van der Waals surface area (Å²) in [6.45, 7) is 6.36. The number of nitrogens with one attached hydrogen (secondary N) is 1. The zero-order valence-electron chi connectivity index (χ0n) is 26.1. The number of aromatic nitrogens is 3. The van der Waals surface area contributed by atoms with Crippen LogP contribution >= 0.6 is 0 Å². The molecule has 16 heteroatoms. The minimum absolute atomic E-state index is 0.000409. The summed E-state index contributed by atoms with van der Waals surface area (Å²) in [5.74, 6) is 1.14. The number of carboxylic acid groups (broad SMARTS) is 1. The van der Waals surface area contributed by atoms with Crippen molar-refractivity contribution in [2.75, 3.05) is 56.5 Å². The van der Waals surface area contributed by atoms with Crippen LogP contribution < -0.4 is 15.0 Å². The predicted molar refractivity (Wildman–Crippen MR) is 166 cm³/mol. The van der Waals surface area contributed by atoms with Crippen molar-refractivity contribution in [1.82, 2.24) is 19.5 Å². The van der Waals surface area contributed by atoms with Gasteiger partial charge in [-0.3, -0.25) is 4.18 Å². The highest BCUT2D eigenvalue weighted by atomic mass is 32.2. The fourth-order valence-corrected chi connectivity index (χ4v) is 5.24. The lowest BCUT2D eigenvalue weighted by molar-refractivity contribution is 0.0597. The van der Waals surface area contributed by atoms with Gasteiger partial charge in [-0.15, -0.1) is 0 Å². The number of likely N-dealkylation sites (tertiary alicyclic amines) is 1. The Morgan fingerprint density at radius 3 is 2.51 bits per heavy atom. The second kappa shape index (κ2) is 14.3. The van der Waals surface area contributed by atoms with Gasteiger partial charge < -0.3 is 29.5 Å². The smallest absolute Gasteiger partial charge is 0.420 e. The summed E-state index contributed by atoms with van der Waals surface area (Å²) in [5, 5.41) is 17.4. The molecule has 45 heavy (non-hydrogen) atoms. The molecule has 1 aliphatic rings. The maximum atomic E-state index is 14.0. The summed E-state index contributed by atoms with van der Waals surface area (Å²) in [4.78, 5) is 33.1. The molecule has 3 heterocycles. The van der Waals surface area contributed by atoms with Gasteiger partial charge in [0.05, 0.1) is 31.4 Å². The van der Waals surface area contributed by atoms with Crippen LogP contribution in [0.15, 0.2) is 36.5 Å². The fraction of sp³-hybridized carbons (Fsp3) is 0.517. The normalized spacial score (nSPS) is 15.6.